The maximum atomic E-state index is 8.35. The fraction of sp³-hybridized carbons (Fsp3) is 0.500. The lowest BCUT2D eigenvalue weighted by Crippen LogP contribution is -1.98. The second-order valence-corrected chi connectivity index (χ2v) is 1.21. The Bertz CT molecular complexity index is 84.2. The molecule has 0 saturated carbocycles. The number of hydrogen-bond donors (Lipinski definition) is 4. The molecule has 0 amide bonds. The Morgan fingerprint density at radius 1 is 0.875 bits per heavy atom. The molecule has 4 nitrogen and oxygen atoms in total. The van der Waals surface area contributed by atoms with Gasteiger partial charge in [-0.2, -0.15) is 0 Å². The summed E-state index contributed by atoms with van der Waals surface area (Å²) in [4.78, 5) is 0. The second kappa shape index (κ2) is 3.29. The van der Waals surface area contributed by atoms with E-state index in [1.807, 2.05) is 0 Å². The van der Waals surface area contributed by atoms with Crippen LogP contribution in [0.4, 0.5) is 0 Å². The molecule has 4 N–H and O–H groups in total. The van der Waals surface area contributed by atoms with Crippen molar-refractivity contribution in [3.8, 4) is 0 Å². The highest BCUT2D eigenvalue weighted by atomic mass is 16.3. The monoisotopic (exact) mass is 120 g/mol. The minimum absolute atomic E-state index is 0.590. The van der Waals surface area contributed by atoms with Gasteiger partial charge in [-0.05, 0) is 0 Å². The van der Waals surface area contributed by atoms with E-state index in [9.17, 15) is 0 Å². The molecule has 48 valence electrons. The fourth-order valence-corrected chi connectivity index (χ4v) is 0.183. The van der Waals surface area contributed by atoms with Gasteiger partial charge in [-0.1, -0.05) is 0 Å². The Labute approximate surface area is 46.3 Å². The molecule has 0 atom stereocenters. The molecule has 0 aliphatic rings. The van der Waals surface area contributed by atoms with Gasteiger partial charge in [0.15, 0.2) is 11.5 Å². The first-order valence-electron chi connectivity index (χ1n) is 2.04. The van der Waals surface area contributed by atoms with Crippen molar-refractivity contribution in [2.24, 2.45) is 0 Å². The molecule has 0 spiro atoms. The lowest BCUT2D eigenvalue weighted by Gasteiger charge is -1.95. The first-order valence-corrected chi connectivity index (χ1v) is 2.04. The van der Waals surface area contributed by atoms with Crippen LogP contribution in [-0.4, -0.2) is 33.6 Å². The van der Waals surface area contributed by atoms with E-state index < -0.39 is 24.7 Å². The van der Waals surface area contributed by atoms with E-state index in [1.165, 1.54) is 0 Å². The van der Waals surface area contributed by atoms with Gasteiger partial charge >= 0.3 is 0 Å². The molecule has 0 aliphatic heterocycles. The molecule has 0 saturated heterocycles. The maximum Gasteiger partial charge on any atom is 0.158 e. The number of aliphatic hydroxyl groups is 4. The molecular weight excluding hydrogens is 112 g/mol. The predicted molar refractivity (Wildman–Crippen MR) is 26.5 cm³/mol. The number of hydrogen-bond acceptors (Lipinski definition) is 4. The van der Waals surface area contributed by atoms with E-state index in [4.69, 9.17) is 20.4 Å². The smallest absolute Gasteiger partial charge is 0.158 e. The van der Waals surface area contributed by atoms with E-state index in [2.05, 4.69) is 0 Å². The first kappa shape index (κ1) is 7.26. The highest BCUT2D eigenvalue weighted by Gasteiger charge is 1.97. The summed E-state index contributed by atoms with van der Waals surface area (Å²) in [5, 5.41) is 32.8. The van der Waals surface area contributed by atoms with E-state index in [1.54, 1.807) is 0 Å². The van der Waals surface area contributed by atoms with Crippen LogP contribution in [0.25, 0.3) is 0 Å². The molecule has 0 fully saturated rings. The molecule has 0 unspecified atom stereocenters. The average molecular weight is 120 g/mol. The minimum Gasteiger partial charge on any atom is -0.506 e. The van der Waals surface area contributed by atoms with Crippen molar-refractivity contribution in [2.75, 3.05) is 13.2 Å². The predicted octanol–water partition coefficient (Wildman–Crippen LogP) is -0.701. The van der Waals surface area contributed by atoms with Crippen LogP contribution >= 0.6 is 0 Å². The summed E-state index contributed by atoms with van der Waals surface area (Å²) in [5.74, 6) is -1.18. The molecule has 0 aromatic rings. The molecule has 0 aliphatic carbocycles. The zero-order valence-electron chi connectivity index (χ0n) is 4.20. The van der Waals surface area contributed by atoms with Crippen molar-refractivity contribution >= 4 is 0 Å². The van der Waals surface area contributed by atoms with Crippen LogP contribution in [0.15, 0.2) is 11.5 Å². The number of aliphatic hydroxyl groups excluding tert-OH is 4. The van der Waals surface area contributed by atoms with Crippen molar-refractivity contribution in [3.63, 3.8) is 0 Å². The van der Waals surface area contributed by atoms with Crippen LogP contribution in [0.5, 0.6) is 0 Å². The Kier molecular flexibility index (Phi) is 2.98. The van der Waals surface area contributed by atoms with E-state index in [0.717, 1.165) is 0 Å². The highest BCUT2D eigenvalue weighted by Crippen LogP contribution is 1.92. The van der Waals surface area contributed by atoms with Gasteiger partial charge < -0.3 is 20.4 Å². The molecule has 0 radical (unpaired) electrons. The summed E-state index contributed by atoms with van der Waals surface area (Å²) in [6.07, 6.45) is 0. The molecule has 4 heteroatoms. The lowest BCUT2D eigenvalue weighted by atomic mass is 10.4. The van der Waals surface area contributed by atoms with E-state index in [0.29, 0.717) is 0 Å². The fourth-order valence-electron chi connectivity index (χ4n) is 0.183. The van der Waals surface area contributed by atoms with Crippen LogP contribution in [0.3, 0.4) is 0 Å². The largest absolute Gasteiger partial charge is 0.506 e. The van der Waals surface area contributed by atoms with Gasteiger partial charge in [-0.3, -0.25) is 0 Å². The van der Waals surface area contributed by atoms with Gasteiger partial charge in [0.2, 0.25) is 0 Å². The summed E-state index contributed by atoms with van der Waals surface area (Å²) in [7, 11) is 0. The molecule has 0 heterocycles. The summed E-state index contributed by atoms with van der Waals surface area (Å²) in [5.41, 5.74) is 0. The van der Waals surface area contributed by atoms with E-state index >= 15 is 0 Å². The summed E-state index contributed by atoms with van der Waals surface area (Å²) < 4.78 is 0. The minimum atomic E-state index is -0.646. The molecule has 8 heavy (non-hydrogen) atoms. The van der Waals surface area contributed by atoms with Gasteiger partial charge in [0.25, 0.3) is 0 Å². The van der Waals surface area contributed by atoms with Crippen molar-refractivity contribution in [1.29, 1.82) is 0 Å². The van der Waals surface area contributed by atoms with Crippen LogP contribution in [0.1, 0.15) is 0 Å². The van der Waals surface area contributed by atoms with Gasteiger partial charge in [-0.15, -0.1) is 0 Å². The van der Waals surface area contributed by atoms with Gasteiger partial charge in [-0.25, -0.2) is 0 Å². The normalized spacial score (nSPS) is 13.2. The van der Waals surface area contributed by atoms with Gasteiger partial charge in [0, 0.05) is 0 Å². The SMILES string of the molecule is OCC(O)=C(O)CO. The zero-order chi connectivity index (χ0) is 6.57. The Hall–Kier alpha value is -0.740. The van der Waals surface area contributed by atoms with Crippen molar-refractivity contribution in [1.82, 2.24) is 0 Å². The molecular formula is C4H8O4. The Morgan fingerprint density at radius 3 is 1.25 bits per heavy atom. The summed E-state index contributed by atoms with van der Waals surface area (Å²) in [6, 6.07) is 0. The first-order chi connectivity index (χ1) is 3.72. The third-order valence-electron chi connectivity index (χ3n) is 0.633. The van der Waals surface area contributed by atoms with Crippen LogP contribution in [0.2, 0.25) is 0 Å². The molecule has 0 rings (SSSR count). The standard InChI is InChI=1S/C4H8O4/c5-1-3(7)4(8)2-6/h5-8H,1-2H2. The Balaban J connectivity index is 3.83. The van der Waals surface area contributed by atoms with Crippen LogP contribution < -0.4 is 0 Å². The second-order valence-electron chi connectivity index (χ2n) is 1.21. The lowest BCUT2D eigenvalue weighted by molar-refractivity contribution is 0.194. The molecule has 0 bridgehead atoms. The van der Waals surface area contributed by atoms with Crippen LogP contribution in [-0.2, 0) is 0 Å². The highest BCUT2D eigenvalue weighted by molar-refractivity contribution is 4.97. The third-order valence-corrected chi connectivity index (χ3v) is 0.633. The third kappa shape index (κ3) is 1.81. The summed E-state index contributed by atoms with van der Waals surface area (Å²) in [6.45, 7) is -1.29. The molecule has 0 aromatic carbocycles. The Morgan fingerprint density at radius 2 is 1.12 bits per heavy atom. The van der Waals surface area contributed by atoms with E-state index in [-0.39, 0.29) is 0 Å². The average Bonchev–Trinajstić information content (AvgIpc) is 1.84. The topological polar surface area (TPSA) is 80.9 Å². The van der Waals surface area contributed by atoms with Crippen molar-refractivity contribution in [3.05, 3.63) is 11.5 Å². The van der Waals surface area contributed by atoms with Crippen molar-refractivity contribution in [2.45, 2.75) is 0 Å². The number of rotatable bonds is 2. The quantitative estimate of drug-likeness (QED) is 0.363. The zero-order valence-corrected chi connectivity index (χ0v) is 4.20. The summed E-state index contributed by atoms with van der Waals surface area (Å²) >= 11 is 0. The van der Waals surface area contributed by atoms with Gasteiger partial charge in [0.05, 0.1) is 0 Å². The van der Waals surface area contributed by atoms with Crippen LogP contribution in [0, 0.1) is 0 Å². The maximum absolute atomic E-state index is 8.35. The van der Waals surface area contributed by atoms with Crippen molar-refractivity contribution < 1.29 is 20.4 Å². The van der Waals surface area contributed by atoms with Gasteiger partial charge in [0.1, 0.15) is 13.2 Å². The molecule has 0 aromatic heterocycles.